The number of hydrogen-bond acceptors (Lipinski definition) is 9. The molecule has 12 heteroatoms. The van der Waals surface area contributed by atoms with Crippen LogP contribution in [0, 0.1) is 0 Å². The third-order valence-electron chi connectivity index (χ3n) is 5.27. The number of anilines is 1. The molecule has 2 fully saturated rings. The van der Waals surface area contributed by atoms with E-state index in [2.05, 4.69) is 9.12 Å². The van der Waals surface area contributed by atoms with Gasteiger partial charge in [0.25, 0.3) is 0 Å². The lowest BCUT2D eigenvalue weighted by Crippen LogP contribution is -2.59. The summed E-state index contributed by atoms with van der Waals surface area (Å²) in [5, 5.41) is 0. The maximum atomic E-state index is 11.8. The first-order valence-corrected chi connectivity index (χ1v) is 12.0. The molecule has 0 spiro atoms. The van der Waals surface area contributed by atoms with Crippen LogP contribution in [0.2, 0.25) is 0 Å². The Bertz CT molecular complexity index is 983. The number of benzene rings is 1. The van der Waals surface area contributed by atoms with Crippen molar-refractivity contribution in [2.75, 3.05) is 24.5 Å². The number of hydrogen-bond donors (Lipinski definition) is 2. The highest BCUT2D eigenvalue weighted by atomic mass is 32.2. The third-order valence-corrected chi connectivity index (χ3v) is 6.19. The molecule has 4 rings (SSSR count). The Morgan fingerprint density at radius 2 is 1.88 bits per heavy atom. The zero-order valence-corrected chi connectivity index (χ0v) is 19.3. The number of amidine groups is 1. The third kappa shape index (κ3) is 4.56. The molecule has 2 saturated heterocycles. The van der Waals surface area contributed by atoms with Gasteiger partial charge < -0.3 is 34.2 Å². The standard InChI is InChI=1S/C20H29N3O8S/c1-5-26-15-13(29-19-17(16(15)27-6-2)30-20(3,4)31-19)10-28-12-9-7-8-11-14(12)18(21)23-32(24,25)22-11/h7-9,13,15-17,19,22H,5-6,10H2,1-4H3,(H2,21,23)/t13?,15-,16+,17+,19+/m0/s1. The Labute approximate surface area is 187 Å². The van der Waals surface area contributed by atoms with E-state index in [1.807, 2.05) is 27.7 Å². The molecule has 3 aliphatic rings. The summed E-state index contributed by atoms with van der Waals surface area (Å²) in [6, 6.07) is 4.93. The molecule has 0 aliphatic carbocycles. The van der Waals surface area contributed by atoms with Crippen molar-refractivity contribution in [1.29, 1.82) is 0 Å². The SMILES string of the molecule is CCO[C@H]1[C@H]2OC(C)(C)O[C@H]2OC(COc2cccc3c2C(N)=NS(=O)(=O)N3)[C@@H]1OCC. The number of rotatable bonds is 7. The smallest absolute Gasteiger partial charge is 0.344 e. The van der Waals surface area contributed by atoms with Crippen molar-refractivity contribution in [3.63, 3.8) is 0 Å². The van der Waals surface area contributed by atoms with Crippen molar-refractivity contribution in [2.45, 2.75) is 64.2 Å². The van der Waals surface area contributed by atoms with E-state index in [0.29, 0.717) is 30.2 Å². The van der Waals surface area contributed by atoms with Crippen LogP contribution in [0.3, 0.4) is 0 Å². The fraction of sp³-hybridized carbons (Fsp3) is 0.650. The average molecular weight is 472 g/mol. The topological polar surface area (TPSA) is 140 Å². The van der Waals surface area contributed by atoms with Crippen molar-refractivity contribution >= 4 is 21.7 Å². The maximum absolute atomic E-state index is 11.8. The second-order valence-corrected chi connectivity index (χ2v) is 9.36. The van der Waals surface area contributed by atoms with E-state index >= 15 is 0 Å². The van der Waals surface area contributed by atoms with E-state index in [9.17, 15) is 8.42 Å². The zero-order valence-electron chi connectivity index (χ0n) is 18.4. The van der Waals surface area contributed by atoms with Crippen LogP contribution in [-0.4, -0.2) is 70.6 Å². The van der Waals surface area contributed by atoms with Gasteiger partial charge in [-0.3, -0.25) is 4.72 Å². The minimum atomic E-state index is -3.88. The van der Waals surface area contributed by atoms with Gasteiger partial charge in [0.15, 0.2) is 17.9 Å². The Hall–Kier alpha value is -1.96. The molecule has 11 nitrogen and oxygen atoms in total. The van der Waals surface area contributed by atoms with Gasteiger partial charge in [0, 0.05) is 13.2 Å². The van der Waals surface area contributed by atoms with Crippen molar-refractivity contribution in [3.05, 3.63) is 23.8 Å². The van der Waals surface area contributed by atoms with Crippen LogP contribution < -0.4 is 15.2 Å². The van der Waals surface area contributed by atoms with Gasteiger partial charge in [-0.2, -0.15) is 8.42 Å². The molecule has 3 heterocycles. The summed E-state index contributed by atoms with van der Waals surface area (Å²) in [7, 11) is -3.88. The Morgan fingerprint density at radius 1 is 1.16 bits per heavy atom. The van der Waals surface area contributed by atoms with E-state index in [0.717, 1.165) is 0 Å². The Kier molecular flexibility index (Phi) is 6.36. The van der Waals surface area contributed by atoms with Crippen LogP contribution in [0.4, 0.5) is 5.69 Å². The first-order valence-electron chi connectivity index (χ1n) is 10.5. The molecular weight excluding hydrogens is 442 g/mol. The molecule has 0 saturated carbocycles. The molecular formula is C20H29N3O8S. The van der Waals surface area contributed by atoms with Gasteiger partial charge in [-0.25, -0.2) is 0 Å². The average Bonchev–Trinajstić information content (AvgIpc) is 3.01. The number of fused-ring (bicyclic) bond motifs is 2. The van der Waals surface area contributed by atoms with Gasteiger partial charge in [0.05, 0.1) is 11.3 Å². The highest BCUT2D eigenvalue weighted by Crippen LogP contribution is 2.39. The highest BCUT2D eigenvalue weighted by Gasteiger charge is 2.55. The predicted molar refractivity (Wildman–Crippen MR) is 115 cm³/mol. The molecule has 1 unspecified atom stereocenters. The Balaban J connectivity index is 1.57. The number of ether oxygens (including phenoxy) is 6. The molecule has 3 N–H and O–H groups in total. The van der Waals surface area contributed by atoms with Gasteiger partial charge in [-0.05, 0) is 39.8 Å². The molecule has 3 aliphatic heterocycles. The number of nitrogens with zero attached hydrogens (tertiary/aromatic N) is 1. The molecule has 0 bridgehead atoms. The lowest BCUT2D eigenvalue weighted by atomic mass is 9.98. The first-order chi connectivity index (χ1) is 15.1. The fourth-order valence-electron chi connectivity index (χ4n) is 4.15. The second kappa shape index (κ2) is 8.76. The van der Waals surface area contributed by atoms with E-state index < -0.39 is 46.7 Å². The van der Waals surface area contributed by atoms with Crippen molar-refractivity contribution in [3.8, 4) is 5.75 Å². The van der Waals surface area contributed by atoms with E-state index in [-0.39, 0.29) is 12.4 Å². The van der Waals surface area contributed by atoms with Gasteiger partial charge in [-0.15, -0.1) is 4.40 Å². The van der Waals surface area contributed by atoms with Crippen LogP contribution in [0.5, 0.6) is 5.75 Å². The molecule has 0 aromatic heterocycles. The highest BCUT2D eigenvalue weighted by molar-refractivity contribution is 7.91. The Morgan fingerprint density at radius 3 is 2.59 bits per heavy atom. The summed E-state index contributed by atoms with van der Waals surface area (Å²) < 4.78 is 65.6. The molecule has 178 valence electrons. The summed E-state index contributed by atoms with van der Waals surface area (Å²) in [5.41, 5.74) is 6.57. The monoisotopic (exact) mass is 471 g/mol. The van der Waals surface area contributed by atoms with Crippen LogP contribution in [0.25, 0.3) is 0 Å². The lowest BCUT2D eigenvalue weighted by molar-refractivity contribution is -0.270. The minimum Gasteiger partial charge on any atom is -0.490 e. The molecule has 5 atom stereocenters. The summed E-state index contributed by atoms with van der Waals surface area (Å²) in [4.78, 5) is 0. The zero-order chi connectivity index (χ0) is 23.1. The second-order valence-electron chi connectivity index (χ2n) is 8.03. The van der Waals surface area contributed by atoms with E-state index in [1.165, 1.54) is 0 Å². The minimum absolute atomic E-state index is 0.0811. The van der Waals surface area contributed by atoms with E-state index in [4.69, 9.17) is 34.2 Å². The lowest BCUT2D eigenvalue weighted by Gasteiger charge is -2.42. The number of nitrogens with one attached hydrogen (secondary N) is 1. The largest absolute Gasteiger partial charge is 0.490 e. The normalized spacial score (nSPS) is 32.4. The van der Waals surface area contributed by atoms with Crippen LogP contribution in [0.1, 0.15) is 33.3 Å². The molecule has 32 heavy (non-hydrogen) atoms. The van der Waals surface area contributed by atoms with Crippen LogP contribution in [-0.2, 0) is 33.9 Å². The summed E-state index contributed by atoms with van der Waals surface area (Å²) >= 11 is 0. The van der Waals surface area contributed by atoms with Crippen molar-refractivity contribution in [1.82, 2.24) is 0 Å². The fourth-order valence-corrected chi connectivity index (χ4v) is 5.00. The summed E-state index contributed by atoms with van der Waals surface area (Å²) in [6.45, 7) is 8.42. The van der Waals surface area contributed by atoms with Crippen molar-refractivity contribution < 1.29 is 36.8 Å². The van der Waals surface area contributed by atoms with Gasteiger partial charge in [0.1, 0.15) is 36.8 Å². The van der Waals surface area contributed by atoms with Crippen LogP contribution in [0.15, 0.2) is 22.6 Å². The van der Waals surface area contributed by atoms with E-state index in [1.54, 1.807) is 18.2 Å². The van der Waals surface area contributed by atoms with Gasteiger partial charge in [0.2, 0.25) is 0 Å². The predicted octanol–water partition coefficient (Wildman–Crippen LogP) is 1.13. The number of nitrogens with two attached hydrogens (primary N) is 1. The molecule has 1 aromatic carbocycles. The molecule has 0 radical (unpaired) electrons. The van der Waals surface area contributed by atoms with Gasteiger partial charge >= 0.3 is 10.2 Å². The first kappa shape index (κ1) is 23.2. The summed E-state index contributed by atoms with van der Waals surface area (Å²) in [6.07, 6.45) is -2.52. The van der Waals surface area contributed by atoms with Gasteiger partial charge in [-0.1, -0.05) is 6.07 Å². The molecule has 1 aromatic rings. The van der Waals surface area contributed by atoms with Crippen molar-refractivity contribution in [2.24, 2.45) is 10.1 Å². The summed E-state index contributed by atoms with van der Waals surface area (Å²) in [5.74, 6) is -0.608. The van der Waals surface area contributed by atoms with Crippen LogP contribution >= 0.6 is 0 Å². The quantitative estimate of drug-likeness (QED) is 0.599. The maximum Gasteiger partial charge on any atom is 0.344 e. The molecule has 0 amide bonds.